The standard InChI is InChI=1S/C46H35NO7/c48-26-32-20-23-38(54-32)41-33-21-22-34-40(45(53)47(44(34)52)31-18-16-29(17-19-31)42(50)28-12-6-2-7-13-28)36(33)24-37-43(51)35(27-10-4-1-5-11-27)25-39(49)46(37,41)30-14-8-3-9-15-30/h1-21,23,25,34,36-37,40-41,48H,22,24,26H2/t34-,36+,37-,40-,41+,46-/m0/s1. The maximum atomic E-state index is 15.1. The molecule has 0 spiro atoms. The highest BCUT2D eigenvalue weighted by Crippen LogP contribution is 2.63. The molecule has 2 heterocycles. The molecular formula is C46H35NO7. The van der Waals surface area contributed by atoms with Gasteiger partial charge in [0.2, 0.25) is 11.8 Å². The fourth-order valence-corrected chi connectivity index (χ4v) is 9.59. The first kappa shape index (κ1) is 33.6. The molecule has 8 heteroatoms. The molecule has 1 aromatic heterocycles. The minimum atomic E-state index is -1.41. The number of nitrogens with zero attached hydrogens (tertiary/aromatic N) is 1. The minimum Gasteiger partial charge on any atom is -0.463 e. The van der Waals surface area contributed by atoms with Crippen LogP contribution < -0.4 is 4.90 Å². The zero-order valence-corrected chi connectivity index (χ0v) is 29.1. The molecular weight excluding hydrogens is 679 g/mol. The molecule has 5 aromatic rings. The van der Waals surface area contributed by atoms with Gasteiger partial charge in [0.25, 0.3) is 0 Å². The zero-order valence-electron chi connectivity index (χ0n) is 29.1. The van der Waals surface area contributed by atoms with Crippen molar-refractivity contribution in [2.75, 3.05) is 4.90 Å². The maximum Gasteiger partial charge on any atom is 0.238 e. The third kappa shape index (κ3) is 4.97. The number of imide groups is 1. The van der Waals surface area contributed by atoms with Gasteiger partial charge in [-0.25, -0.2) is 0 Å². The van der Waals surface area contributed by atoms with Crippen LogP contribution in [0.4, 0.5) is 5.69 Å². The number of hydrogen-bond donors (Lipinski definition) is 1. The monoisotopic (exact) mass is 713 g/mol. The lowest BCUT2D eigenvalue weighted by atomic mass is 9.45. The van der Waals surface area contributed by atoms with E-state index in [1.54, 1.807) is 60.7 Å². The summed E-state index contributed by atoms with van der Waals surface area (Å²) in [5.74, 6) is -4.35. The number of rotatable bonds is 7. The van der Waals surface area contributed by atoms with E-state index in [4.69, 9.17) is 4.42 Å². The number of aliphatic hydroxyl groups is 1. The van der Waals surface area contributed by atoms with Gasteiger partial charge >= 0.3 is 0 Å². The van der Waals surface area contributed by atoms with Crippen LogP contribution in [0.2, 0.25) is 0 Å². The Bertz CT molecular complexity index is 2390. The fraction of sp³-hybridized carbons (Fsp3) is 0.196. The van der Waals surface area contributed by atoms with Crippen molar-refractivity contribution < 1.29 is 33.5 Å². The van der Waals surface area contributed by atoms with Crippen molar-refractivity contribution in [1.29, 1.82) is 0 Å². The van der Waals surface area contributed by atoms with E-state index < -0.39 is 35.0 Å². The molecule has 0 unspecified atom stereocenters. The Morgan fingerprint density at radius 1 is 0.741 bits per heavy atom. The molecule has 1 N–H and O–H groups in total. The molecule has 0 bridgehead atoms. The largest absolute Gasteiger partial charge is 0.463 e. The van der Waals surface area contributed by atoms with Gasteiger partial charge in [0.15, 0.2) is 17.3 Å². The number of aliphatic hydroxyl groups excluding tert-OH is 1. The second-order valence-corrected chi connectivity index (χ2v) is 14.5. The Hall–Kier alpha value is -6.25. The molecule has 9 rings (SSSR count). The Morgan fingerprint density at radius 3 is 2.06 bits per heavy atom. The normalized spacial score (nSPS) is 26.1. The molecule has 8 nitrogen and oxygen atoms in total. The number of furan rings is 1. The smallest absolute Gasteiger partial charge is 0.238 e. The van der Waals surface area contributed by atoms with Crippen molar-refractivity contribution in [3.8, 4) is 0 Å². The molecule has 266 valence electrons. The van der Waals surface area contributed by atoms with Crippen LogP contribution in [0.1, 0.15) is 57.3 Å². The third-order valence-electron chi connectivity index (χ3n) is 11.9. The molecule has 0 radical (unpaired) electrons. The summed E-state index contributed by atoms with van der Waals surface area (Å²) in [6.45, 7) is -0.357. The van der Waals surface area contributed by atoms with Crippen LogP contribution in [0.25, 0.3) is 5.57 Å². The van der Waals surface area contributed by atoms with Gasteiger partial charge < -0.3 is 9.52 Å². The lowest BCUT2D eigenvalue weighted by Gasteiger charge is -2.54. The number of benzene rings is 4. The van der Waals surface area contributed by atoms with E-state index in [-0.39, 0.29) is 48.6 Å². The number of allylic oxidation sites excluding steroid dienone is 4. The molecule has 1 saturated carbocycles. The molecule has 1 saturated heterocycles. The first-order valence-corrected chi connectivity index (χ1v) is 18.2. The number of carbonyl (C=O) groups excluding carboxylic acids is 5. The highest BCUT2D eigenvalue weighted by molar-refractivity contribution is 6.32. The molecule has 2 fully saturated rings. The number of carbonyl (C=O) groups is 5. The molecule has 1 aliphatic heterocycles. The quantitative estimate of drug-likeness (QED) is 0.109. The number of anilines is 1. The summed E-state index contributed by atoms with van der Waals surface area (Å²) < 4.78 is 6.26. The summed E-state index contributed by atoms with van der Waals surface area (Å²) in [5, 5.41) is 10.0. The average Bonchev–Trinajstić information content (AvgIpc) is 3.80. The van der Waals surface area contributed by atoms with Crippen molar-refractivity contribution in [3.05, 3.63) is 179 Å². The van der Waals surface area contributed by atoms with Crippen LogP contribution in [0.3, 0.4) is 0 Å². The molecule has 4 aromatic carbocycles. The van der Waals surface area contributed by atoms with Gasteiger partial charge in [-0.2, -0.15) is 0 Å². The summed E-state index contributed by atoms with van der Waals surface area (Å²) in [5.41, 5.74) is 2.30. The van der Waals surface area contributed by atoms with E-state index in [1.165, 1.54) is 11.0 Å². The van der Waals surface area contributed by atoms with Crippen LogP contribution in [-0.4, -0.2) is 34.3 Å². The molecule has 4 aliphatic rings. The van der Waals surface area contributed by atoms with Crippen LogP contribution in [0.5, 0.6) is 0 Å². The Kier molecular flexibility index (Phi) is 8.08. The topological polar surface area (TPSA) is 122 Å². The Labute approximate surface area is 311 Å². The van der Waals surface area contributed by atoms with Crippen molar-refractivity contribution in [2.24, 2.45) is 23.7 Å². The van der Waals surface area contributed by atoms with E-state index in [0.29, 0.717) is 45.0 Å². The van der Waals surface area contributed by atoms with E-state index in [2.05, 4.69) is 0 Å². The second kappa shape index (κ2) is 13.0. The van der Waals surface area contributed by atoms with E-state index in [9.17, 15) is 19.5 Å². The highest BCUT2D eigenvalue weighted by atomic mass is 16.4. The Morgan fingerprint density at radius 2 is 1.39 bits per heavy atom. The van der Waals surface area contributed by atoms with Gasteiger partial charge in [-0.15, -0.1) is 0 Å². The predicted octanol–water partition coefficient (Wildman–Crippen LogP) is 7.03. The number of hydrogen-bond acceptors (Lipinski definition) is 7. The second-order valence-electron chi connectivity index (χ2n) is 14.5. The fourth-order valence-electron chi connectivity index (χ4n) is 9.59. The lowest BCUT2D eigenvalue weighted by molar-refractivity contribution is -0.135. The molecule has 3 aliphatic carbocycles. The van der Waals surface area contributed by atoms with Gasteiger partial charge in [0, 0.05) is 22.6 Å². The molecule has 6 atom stereocenters. The van der Waals surface area contributed by atoms with Crippen molar-refractivity contribution in [3.63, 3.8) is 0 Å². The average molecular weight is 714 g/mol. The number of fused-ring (bicyclic) bond motifs is 4. The summed E-state index contributed by atoms with van der Waals surface area (Å²) in [4.78, 5) is 73.3. The number of ketones is 3. The van der Waals surface area contributed by atoms with Gasteiger partial charge in [-0.05, 0) is 72.4 Å². The summed E-state index contributed by atoms with van der Waals surface area (Å²) >= 11 is 0. The van der Waals surface area contributed by atoms with Crippen LogP contribution >= 0.6 is 0 Å². The van der Waals surface area contributed by atoms with E-state index >= 15 is 9.59 Å². The van der Waals surface area contributed by atoms with Crippen LogP contribution in [0.15, 0.2) is 150 Å². The third-order valence-corrected chi connectivity index (χ3v) is 11.9. The summed E-state index contributed by atoms with van der Waals surface area (Å²) in [6, 6.07) is 37.2. The highest BCUT2D eigenvalue weighted by Gasteiger charge is 2.66. The number of amides is 2. The van der Waals surface area contributed by atoms with Crippen LogP contribution in [0, 0.1) is 23.7 Å². The first-order valence-electron chi connectivity index (χ1n) is 18.2. The predicted molar refractivity (Wildman–Crippen MR) is 200 cm³/mol. The van der Waals surface area contributed by atoms with E-state index in [0.717, 1.165) is 5.57 Å². The van der Waals surface area contributed by atoms with Gasteiger partial charge in [-0.3, -0.25) is 28.9 Å². The summed E-state index contributed by atoms with van der Waals surface area (Å²) in [7, 11) is 0. The minimum absolute atomic E-state index is 0.165. The zero-order chi connectivity index (χ0) is 37.1. The van der Waals surface area contributed by atoms with Gasteiger partial charge in [0.05, 0.1) is 28.9 Å². The maximum absolute atomic E-state index is 15.1. The Balaban J connectivity index is 1.16. The van der Waals surface area contributed by atoms with Crippen LogP contribution in [-0.2, 0) is 31.2 Å². The first-order chi connectivity index (χ1) is 26.3. The number of Topliss-reactive ketones (excluding diaryl/α,β-unsaturated/α-hetero) is 1. The van der Waals surface area contributed by atoms with Crippen molar-refractivity contribution in [2.45, 2.75) is 30.8 Å². The van der Waals surface area contributed by atoms with Gasteiger partial charge in [-0.1, -0.05) is 103 Å². The molecule has 54 heavy (non-hydrogen) atoms. The van der Waals surface area contributed by atoms with Crippen molar-refractivity contribution in [1.82, 2.24) is 0 Å². The van der Waals surface area contributed by atoms with Crippen molar-refractivity contribution >= 4 is 40.4 Å². The summed E-state index contributed by atoms with van der Waals surface area (Å²) in [6.07, 6.45) is 3.87. The van der Waals surface area contributed by atoms with Gasteiger partial charge in [0.1, 0.15) is 18.1 Å². The lowest BCUT2D eigenvalue weighted by Crippen LogP contribution is -2.58. The molecule has 2 amide bonds. The van der Waals surface area contributed by atoms with E-state index in [1.807, 2.05) is 72.8 Å². The SMILES string of the molecule is O=C(c1ccccc1)c1ccc(N2C(=O)[C@H]3[C@H](CC=C4[C@H]3C[C@H]3C(=O)C(c5ccccc5)=CC(=O)[C@@]3(c3ccccc3)[C@H]4c3ccc(CO)o3)C2=O)cc1.